The number of anilines is 3. The SMILES string of the molecule is Cc1ccc(Nc2cc(N3CCCCC3)c3nonc3c2[N+](=O)[O-])cc1Cl. The van der Waals surface area contributed by atoms with E-state index in [0.717, 1.165) is 37.2 Å². The molecule has 0 saturated carbocycles. The second kappa shape index (κ2) is 7.03. The second-order valence-corrected chi connectivity index (χ2v) is 7.05. The van der Waals surface area contributed by atoms with Crippen LogP contribution in [0.4, 0.5) is 22.7 Å². The van der Waals surface area contributed by atoms with E-state index in [0.29, 0.717) is 21.9 Å². The van der Waals surface area contributed by atoms with Gasteiger partial charge in [-0.25, -0.2) is 4.63 Å². The molecule has 140 valence electrons. The lowest BCUT2D eigenvalue weighted by Gasteiger charge is -2.29. The summed E-state index contributed by atoms with van der Waals surface area (Å²) in [5.41, 5.74) is 3.11. The lowest BCUT2D eigenvalue weighted by atomic mass is 10.1. The van der Waals surface area contributed by atoms with Crippen LogP contribution in [0, 0.1) is 17.0 Å². The molecular formula is C18H18ClN5O3. The van der Waals surface area contributed by atoms with E-state index in [-0.39, 0.29) is 11.2 Å². The van der Waals surface area contributed by atoms with Crippen molar-refractivity contribution in [3.8, 4) is 0 Å². The maximum Gasteiger partial charge on any atom is 0.324 e. The number of fused-ring (bicyclic) bond motifs is 1. The number of benzene rings is 2. The lowest BCUT2D eigenvalue weighted by molar-refractivity contribution is -0.382. The van der Waals surface area contributed by atoms with Crippen molar-refractivity contribution < 1.29 is 9.55 Å². The number of hydrogen-bond acceptors (Lipinski definition) is 7. The number of nitrogens with zero attached hydrogens (tertiary/aromatic N) is 4. The van der Waals surface area contributed by atoms with Gasteiger partial charge in [-0.05, 0) is 60.3 Å². The molecule has 1 fully saturated rings. The van der Waals surface area contributed by atoms with Crippen molar-refractivity contribution in [1.82, 2.24) is 10.3 Å². The molecule has 0 spiro atoms. The normalized spacial score (nSPS) is 14.5. The van der Waals surface area contributed by atoms with Gasteiger partial charge in [0.15, 0.2) is 5.52 Å². The van der Waals surface area contributed by atoms with Crippen LogP contribution in [0.15, 0.2) is 28.9 Å². The molecule has 0 radical (unpaired) electrons. The summed E-state index contributed by atoms with van der Waals surface area (Å²) >= 11 is 6.19. The molecule has 27 heavy (non-hydrogen) atoms. The molecule has 8 nitrogen and oxygen atoms in total. The Morgan fingerprint density at radius 2 is 1.93 bits per heavy atom. The number of nitro benzene ring substituents is 1. The Morgan fingerprint density at radius 3 is 2.63 bits per heavy atom. The summed E-state index contributed by atoms with van der Waals surface area (Å²) in [6.07, 6.45) is 3.32. The van der Waals surface area contributed by atoms with E-state index in [2.05, 4.69) is 20.5 Å². The number of hydrogen-bond donors (Lipinski definition) is 1. The fourth-order valence-electron chi connectivity index (χ4n) is 3.40. The minimum absolute atomic E-state index is 0.142. The maximum atomic E-state index is 11.7. The van der Waals surface area contributed by atoms with Gasteiger partial charge in [0.2, 0.25) is 5.52 Å². The van der Waals surface area contributed by atoms with Crippen LogP contribution in [0.2, 0.25) is 5.02 Å². The monoisotopic (exact) mass is 387 g/mol. The standard InChI is InChI=1S/C18H18ClN5O3/c1-11-5-6-12(9-13(11)19)20-14-10-15(23-7-3-2-4-8-23)16-17(22-27-21-16)18(14)24(25)26/h5-6,9-10,20H,2-4,7-8H2,1H3. The van der Waals surface area contributed by atoms with Gasteiger partial charge in [-0.1, -0.05) is 17.7 Å². The van der Waals surface area contributed by atoms with Crippen molar-refractivity contribution in [1.29, 1.82) is 0 Å². The van der Waals surface area contributed by atoms with Crippen LogP contribution < -0.4 is 10.2 Å². The van der Waals surface area contributed by atoms with Crippen molar-refractivity contribution in [2.45, 2.75) is 26.2 Å². The van der Waals surface area contributed by atoms with Gasteiger partial charge in [-0.15, -0.1) is 0 Å². The molecule has 4 rings (SSSR count). The van der Waals surface area contributed by atoms with Crippen LogP contribution in [0.3, 0.4) is 0 Å². The van der Waals surface area contributed by atoms with E-state index in [1.165, 1.54) is 6.42 Å². The van der Waals surface area contributed by atoms with Crippen LogP contribution in [-0.2, 0) is 0 Å². The molecule has 1 aliphatic heterocycles. The van der Waals surface area contributed by atoms with Crippen molar-refractivity contribution in [3.63, 3.8) is 0 Å². The van der Waals surface area contributed by atoms with E-state index in [1.54, 1.807) is 12.1 Å². The summed E-state index contributed by atoms with van der Waals surface area (Å²) in [5.74, 6) is 0. The minimum Gasteiger partial charge on any atom is -0.370 e. The average Bonchev–Trinajstić information content (AvgIpc) is 3.13. The molecule has 0 unspecified atom stereocenters. The van der Waals surface area contributed by atoms with Gasteiger partial charge in [-0.3, -0.25) is 10.1 Å². The zero-order valence-electron chi connectivity index (χ0n) is 14.7. The van der Waals surface area contributed by atoms with Crippen LogP contribution >= 0.6 is 11.6 Å². The Morgan fingerprint density at radius 1 is 1.19 bits per heavy atom. The Balaban J connectivity index is 1.85. The summed E-state index contributed by atoms with van der Waals surface area (Å²) in [7, 11) is 0. The Labute approximate surface area is 160 Å². The van der Waals surface area contributed by atoms with Gasteiger partial charge in [0, 0.05) is 23.8 Å². The Hall–Kier alpha value is -2.87. The Bertz CT molecular complexity index is 1010. The average molecular weight is 388 g/mol. The van der Waals surface area contributed by atoms with Crippen molar-refractivity contribution in [2.24, 2.45) is 0 Å². The largest absolute Gasteiger partial charge is 0.370 e. The molecular weight excluding hydrogens is 370 g/mol. The summed E-state index contributed by atoms with van der Waals surface area (Å²) in [4.78, 5) is 13.5. The zero-order valence-corrected chi connectivity index (χ0v) is 15.5. The minimum atomic E-state index is -0.468. The number of aromatic nitrogens is 2. The highest BCUT2D eigenvalue weighted by atomic mass is 35.5. The van der Waals surface area contributed by atoms with Gasteiger partial charge in [0.1, 0.15) is 5.69 Å². The molecule has 1 aliphatic rings. The number of rotatable bonds is 4. The number of piperidine rings is 1. The third-order valence-corrected chi connectivity index (χ3v) is 5.23. The van der Waals surface area contributed by atoms with Gasteiger partial charge in [0.05, 0.1) is 10.6 Å². The maximum absolute atomic E-state index is 11.7. The van der Waals surface area contributed by atoms with Crippen molar-refractivity contribution in [3.05, 3.63) is 45.0 Å². The molecule has 0 aliphatic carbocycles. The molecule has 2 aromatic carbocycles. The highest BCUT2D eigenvalue weighted by molar-refractivity contribution is 6.31. The predicted octanol–water partition coefficient (Wildman–Crippen LogP) is 4.83. The third kappa shape index (κ3) is 3.28. The van der Waals surface area contributed by atoms with Crippen LogP contribution in [0.25, 0.3) is 11.0 Å². The number of aryl methyl sites for hydroxylation is 1. The first-order valence-electron chi connectivity index (χ1n) is 8.76. The molecule has 1 aromatic heterocycles. The lowest BCUT2D eigenvalue weighted by Crippen LogP contribution is -2.29. The molecule has 1 N–H and O–H groups in total. The highest BCUT2D eigenvalue weighted by Crippen LogP contribution is 2.40. The molecule has 9 heteroatoms. The highest BCUT2D eigenvalue weighted by Gasteiger charge is 2.28. The zero-order chi connectivity index (χ0) is 19.0. The smallest absolute Gasteiger partial charge is 0.324 e. The first kappa shape index (κ1) is 17.5. The van der Waals surface area contributed by atoms with E-state index in [9.17, 15) is 10.1 Å². The first-order valence-corrected chi connectivity index (χ1v) is 9.14. The van der Waals surface area contributed by atoms with Gasteiger partial charge in [-0.2, -0.15) is 0 Å². The quantitative estimate of drug-likeness (QED) is 0.505. The van der Waals surface area contributed by atoms with E-state index < -0.39 is 4.92 Å². The van der Waals surface area contributed by atoms with Gasteiger partial charge in [0.25, 0.3) is 0 Å². The molecule has 0 amide bonds. The molecule has 2 heterocycles. The number of halogens is 1. The van der Waals surface area contributed by atoms with Crippen LogP contribution in [0.1, 0.15) is 24.8 Å². The third-order valence-electron chi connectivity index (χ3n) is 4.82. The molecule has 0 atom stereocenters. The number of nitrogens with one attached hydrogen (secondary N) is 1. The summed E-state index contributed by atoms with van der Waals surface area (Å²) in [6.45, 7) is 3.64. The van der Waals surface area contributed by atoms with Gasteiger partial charge >= 0.3 is 5.69 Å². The summed E-state index contributed by atoms with van der Waals surface area (Å²) in [5, 5.41) is 23.2. The summed E-state index contributed by atoms with van der Waals surface area (Å²) in [6, 6.07) is 7.19. The number of nitro groups is 1. The molecule has 0 bridgehead atoms. The van der Waals surface area contributed by atoms with E-state index >= 15 is 0 Å². The Kier molecular flexibility index (Phi) is 4.57. The fourth-order valence-corrected chi connectivity index (χ4v) is 3.58. The van der Waals surface area contributed by atoms with Crippen molar-refractivity contribution >= 4 is 45.4 Å². The fraction of sp³-hybridized carbons (Fsp3) is 0.333. The predicted molar refractivity (Wildman–Crippen MR) is 104 cm³/mol. The topological polar surface area (TPSA) is 97.3 Å². The van der Waals surface area contributed by atoms with Crippen LogP contribution in [-0.4, -0.2) is 28.3 Å². The van der Waals surface area contributed by atoms with E-state index in [1.807, 2.05) is 19.1 Å². The first-order chi connectivity index (χ1) is 13.0. The van der Waals surface area contributed by atoms with Crippen LogP contribution in [0.5, 0.6) is 0 Å². The van der Waals surface area contributed by atoms with Gasteiger partial charge < -0.3 is 10.2 Å². The van der Waals surface area contributed by atoms with E-state index in [4.69, 9.17) is 16.2 Å². The second-order valence-electron chi connectivity index (χ2n) is 6.65. The van der Waals surface area contributed by atoms with Crippen molar-refractivity contribution in [2.75, 3.05) is 23.3 Å². The summed E-state index contributed by atoms with van der Waals surface area (Å²) < 4.78 is 4.85. The molecule has 3 aromatic rings. The molecule has 1 saturated heterocycles.